The number of rotatable bonds is 3. The Bertz CT molecular complexity index is 960. The van der Waals surface area contributed by atoms with E-state index in [0.717, 1.165) is 50.1 Å². The molecule has 0 aliphatic carbocycles. The molecule has 0 heterocycles. The zero-order chi connectivity index (χ0) is 20.7. The van der Waals surface area contributed by atoms with Crippen LogP contribution in [0.15, 0.2) is 36.4 Å². The summed E-state index contributed by atoms with van der Waals surface area (Å²) in [5.41, 5.74) is 7.94. The van der Waals surface area contributed by atoms with Crippen LogP contribution < -0.4 is 0 Å². The fraction of sp³-hybridized carbons (Fsp3) is 0.280. The third-order valence-corrected chi connectivity index (χ3v) is 5.48. The Hall–Kier alpha value is -2.94. The quantitative estimate of drug-likeness (QED) is 0.504. The number of hydrogen-bond acceptors (Lipinski definition) is 3. The molecule has 0 saturated heterocycles. The van der Waals surface area contributed by atoms with Crippen LogP contribution in [0.5, 0.6) is 17.2 Å². The topological polar surface area (TPSA) is 60.7 Å². The first-order valence-corrected chi connectivity index (χ1v) is 9.50. The molecule has 3 heteroatoms. The molecule has 3 nitrogen and oxygen atoms in total. The summed E-state index contributed by atoms with van der Waals surface area (Å²) in [7, 11) is 0. The van der Waals surface area contributed by atoms with Gasteiger partial charge in [0.25, 0.3) is 0 Å². The summed E-state index contributed by atoms with van der Waals surface area (Å²) >= 11 is 0. The van der Waals surface area contributed by atoms with Crippen molar-refractivity contribution in [3.8, 4) is 17.2 Å². The van der Waals surface area contributed by atoms with E-state index in [2.05, 4.69) is 0 Å². The average molecular weight is 376 g/mol. The van der Waals surface area contributed by atoms with Crippen LogP contribution in [-0.4, -0.2) is 15.3 Å². The molecule has 0 saturated carbocycles. The first kappa shape index (κ1) is 19.8. The molecule has 146 valence electrons. The van der Waals surface area contributed by atoms with Crippen molar-refractivity contribution in [1.29, 1.82) is 0 Å². The first-order chi connectivity index (χ1) is 13.1. The molecule has 0 aromatic heterocycles. The lowest BCUT2D eigenvalue weighted by Crippen LogP contribution is -2.07. The maximum Gasteiger partial charge on any atom is 0.122 e. The van der Waals surface area contributed by atoms with Crippen molar-refractivity contribution >= 4 is 0 Å². The second-order valence-electron chi connectivity index (χ2n) is 7.96. The van der Waals surface area contributed by atoms with Crippen molar-refractivity contribution in [3.05, 3.63) is 86.5 Å². The molecule has 3 aromatic rings. The van der Waals surface area contributed by atoms with Crippen LogP contribution >= 0.6 is 0 Å². The molecular weight excluding hydrogens is 348 g/mol. The second kappa shape index (κ2) is 7.23. The summed E-state index contributed by atoms with van der Waals surface area (Å²) in [6.07, 6.45) is 0. The number of phenolic OH excluding ortho intramolecular Hbond substituents is 3. The standard InChI is InChI=1S/C25H28O3/c1-13-7-14(2)25(28)21(8-13)22(19-9-15(3)23(26)16(4)10-19)20-11-17(5)24(27)18(6)12-20/h7-12,22,26-28H,1-6H3. The van der Waals surface area contributed by atoms with Gasteiger partial charge in [0.1, 0.15) is 17.2 Å². The van der Waals surface area contributed by atoms with Crippen LogP contribution in [0.3, 0.4) is 0 Å². The van der Waals surface area contributed by atoms with Crippen LogP contribution in [0.25, 0.3) is 0 Å². The molecule has 0 aliphatic heterocycles. The van der Waals surface area contributed by atoms with Gasteiger partial charge in [-0.25, -0.2) is 0 Å². The van der Waals surface area contributed by atoms with Gasteiger partial charge in [-0.15, -0.1) is 0 Å². The largest absolute Gasteiger partial charge is 0.507 e. The monoisotopic (exact) mass is 376 g/mol. The van der Waals surface area contributed by atoms with E-state index in [1.165, 1.54) is 0 Å². The predicted octanol–water partition coefficient (Wildman–Crippen LogP) is 5.83. The van der Waals surface area contributed by atoms with Gasteiger partial charge >= 0.3 is 0 Å². The average Bonchev–Trinajstić information content (AvgIpc) is 2.61. The summed E-state index contributed by atoms with van der Waals surface area (Å²) in [4.78, 5) is 0. The van der Waals surface area contributed by atoms with E-state index >= 15 is 0 Å². The third kappa shape index (κ3) is 3.45. The Morgan fingerprint density at radius 2 is 0.857 bits per heavy atom. The second-order valence-corrected chi connectivity index (χ2v) is 7.96. The third-order valence-electron chi connectivity index (χ3n) is 5.48. The van der Waals surface area contributed by atoms with Gasteiger partial charge in [0.05, 0.1) is 0 Å². The molecule has 3 aromatic carbocycles. The summed E-state index contributed by atoms with van der Waals surface area (Å²) < 4.78 is 0. The predicted molar refractivity (Wildman–Crippen MR) is 114 cm³/mol. The zero-order valence-corrected chi connectivity index (χ0v) is 17.4. The van der Waals surface area contributed by atoms with Crippen LogP contribution in [0.1, 0.15) is 56.0 Å². The van der Waals surface area contributed by atoms with Crippen LogP contribution in [-0.2, 0) is 0 Å². The smallest absolute Gasteiger partial charge is 0.122 e. The van der Waals surface area contributed by atoms with Gasteiger partial charge in [0, 0.05) is 11.5 Å². The molecule has 0 unspecified atom stereocenters. The molecular formula is C25H28O3. The Morgan fingerprint density at radius 1 is 0.500 bits per heavy atom. The highest BCUT2D eigenvalue weighted by atomic mass is 16.3. The SMILES string of the molecule is Cc1cc(C)c(O)c(C(c2cc(C)c(O)c(C)c2)c2cc(C)c(O)c(C)c2)c1. The molecule has 3 N–H and O–H groups in total. The Kier molecular flexibility index (Phi) is 5.12. The van der Waals surface area contributed by atoms with Crippen LogP contribution in [0.4, 0.5) is 0 Å². The van der Waals surface area contributed by atoms with Gasteiger partial charge < -0.3 is 15.3 Å². The maximum absolute atomic E-state index is 10.9. The van der Waals surface area contributed by atoms with E-state index in [1.54, 1.807) is 0 Å². The highest BCUT2D eigenvalue weighted by molar-refractivity contribution is 5.57. The van der Waals surface area contributed by atoms with E-state index in [-0.39, 0.29) is 11.7 Å². The molecule has 0 atom stereocenters. The van der Waals surface area contributed by atoms with Crippen molar-refractivity contribution in [2.24, 2.45) is 0 Å². The maximum atomic E-state index is 10.9. The summed E-state index contributed by atoms with van der Waals surface area (Å²) in [6.45, 7) is 11.5. The van der Waals surface area contributed by atoms with Crippen molar-refractivity contribution in [1.82, 2.24) is 0 Å². The van der Waals surface area contributed by atoms with Crippen LogP contribution in [0, 0.1) is 41.5 Å². The van der Waals surface area contributed by atoms with E-state index in [0.29, 0.717) is 11.5 Å². The fourth-order valence-electron chi connectivity index (χ4n) is 4.08. The molecule has 0 aliphatic rings. The van der Waals surface area contributed by atoms with Gasteiger partial charge in [-0.1, -0.05) is 42.0 Å². The molecule has 0 amide bonds. The zero-order valence-electron chi connectivity index (χ0n) is 17.4. The number of aromatic hydroxyl groups is 3. The highest BCUT2D eigenvalue weighted by Crippen LogP contribution is 2.42. The van der Waals surface area contributed by atoms with E-state index in [9.17, 15) is 15.3 Å². The minimum Gasteiger partial charge on any atom is -0.507 e. The van der Waals surface area contributed by atoms with Gasteiger partial charge in [0.2, 0.25) is 0 Å². The van der Waals surface area contributed by atoms with Crippen LogP contribution in [0.2, 0.25) is 0 Å². The molecule has 3 rings (SSSR count). The van der Waals surface area contributed by atoms with Crippen molar-refractivity contribution in [2.75, 3.05) is 0 Å². The Morgan fingerprint density at radius 3 is 1.25 bits per heavy atom. The molecule has 0 spiro atoms. The highest BCUT2D eigenvalue weighted by Gasteiger charge is 2.24. The fourth-order valence-corrected chi connectivity index (χ4v) is 4.08. The summed E-state index contributed by atoms with van der Waals surface area (Å²) in [6, 6.07) is 11.9. The van der Waals surface area contributed by atoms with Gasteiger partial charge in [-0.2, -0.15) is 0 Å². The number of benzene rings is 3. The first-order valence-electron chi connectivity index (χ1n) is 9.50. The molecule has 0 radical (unpaired) electrons. The van der Waals surface area contributed by atoms with Crippen molar-refractivity contribution < 1.29 is 15.3 Å². The van der Waals surface area contributed by atoms with Gasteiger partial charge in [0.15, 0.2) is 0 Å². The number of aryl methyl sites for hydroxylation is 6. The lowest BCUT2D eigenvalue weighted by atomic mass is 9.81. The minimum absolute atomic E-state index is 0.213. The Labute approximate surface area is 166 Å². The van der Waals surface area contributed by atoms with E-state index < -0.39 is 0 Å². The number of phenols is 3. The number of hydrogen-bond donors (Lipinski definition) is 3. The normalized spacial score (nSPS) is 11.2. The van der Waals surface area contributed by atoms with E-state index in [1.807, 2.05) is 77.9 Å². The van der Waals surface area contributed by atoms with Crippen molar-refractivity contribution in [2.45, 2.75) is 47.5 Å². The van der Waals surface area contributed by atoms with Gasteiger partial charge in [-0.05, 0) is 80.5 Å². The van der Waals surface area contributed by atoms with Crippen molar-refractivity contribution in [3.63, 3.8) is 0 Å². The molecule has 28 heavy (non-hydrogen) atoms. The molecule has 0 bridgehead atoms. The molecule has 0 fully saturated rings. The summed E-state index contributed by atoms with van der Waals surface area (Å²) in [5.74, 6) is 0.660. The Balaban J connectivity index is 2.36. The summed E-state index contributed by atoms with van der Waals surface area (Å²) in [5, 5.41) is 31.4. The van der Waals surface area contributed by atoms with Gasteiger partial charge in [-0.3, -0.25) is 0 Å². The lowest BCUT2D eigenvalue weighted by molar-refractivity contribution is 0.461. The lowest BCUT2D eigenvalue weighted by Gasteiger charge is -2.24. The van der Waals surface area contributed by atoms with E-state index in [4.69, 9.17) is 0 Å². The minimum atomic E-state index is -0.213.